The molecule has 0 unspecified atom stereocenters. The Bertz CT molecular complexity index is 595. The number of hydrogen-bond acceptors (Lipinski definition) is 3. The fourth-order valence-corrected chi connectivity index (χ4v) is 2.09. The van der Waals surface area contributed by atoms with Gasteiger partial charge < -0.3 is 10.1 Å². The minimum absolute atomic E-state index is 0.207. The molecule has 0 bridgehead atoms. The maximum Gasteiger partial charge on any atom is 0.134 e. The molecule has 3 nitrogen and oxygen atoms in total. The summed E-state index contributed by atoms with van der Waals surface area (Å²) in [7, 11) is 1.78. The summed E-state index contributed by atoms with van der Waals surface area (Å²) in [5.41, 5.74) is 0.616. The lowest BCUT2D eigenvalue weighted by Gasteiger charge is -2.10. The zero-order valence-corrected chi connectivity index (χ0v) is 12.4. The van der Waals surface area contributed by atoms with E-state index in [4.69, 9.17) is 16.3 Å². The molecule has 0 radical (unpaired) electrons. The van der Waals surface area contributed by atoms with E-state index in [1.807, 2.05) is 0 Å². The van der Waals surface area contributed by atoms with Crippen molar-refractivity contribution in [2.24, 2.45) is 0 Å². The van der Waals surface area contributed by atoms with Crippen LogP contribution in [0.4, 0.5) is 10.2 Å². The maximum atomic E-state index is 12.9. The molecule has 100 valence electrons. The highest BCUT2D eigenvalue weighted by Gasteiger charge is 2.07. The number of anilines is 1. The van der Waals surface area contributed by atoms with Gasteiger partial charge in [-0.2, -0.15) is 0 Å². The molecule has 0 amide bonds. The van der Waals surface area contributed by atoms with Gasteiger partial charge in [0.2, 0.25) is 0 Å². The molecule has 0 saturated carbocycles. The molecule has 0 atom stereocenters. The highest BCUT2D eigenvalue weighted by Crippen LogP contribution is 2.27. The number of benzene rings is 1. The lowest BCUT2D eigenvalue weighted by molar-refractivity contribution is 0.299. The summed E-state index contributed by atoms with van der Waals surface area (Å²) in [4.78, 5) is 4.30. The van der Waals surface area contributed by atoms with Gasteiger partial charge in [-0.25, -0.2) is 9.37 Å². The topological polar surface area (TPSA) is 34.1 Å². The molecule has 0 aliphatic carbocycles. The Morgan fingerprint density at radius 1 is 1.37 bits per heavy atom. The second kappa shape index (κ2) is 6.21. The minimum Gasteiger partial charge on any atom is -0.486 e. The summed E-state index contributed by atoms with van der Waals surface area (Å²) >= 11 is 9.28. The molecule has 0 aliphatic rings. The van der Waals surface area contributed by atoms with Gasteiger partial charge in [-0.15, -0.1) is 0 Å². The summed E-state index contributed by atoms with van der Waals surface area (Å²) in [6.07, 6.45) is 0. The largest absolute Gasteiger partial charge is 0.486 e. The maximum absolute atomic E-state index is 12.9. The first-order valence-corrected chi connectivity index (χ1v) is 6.68. The molecule has 1 N–H and O–H groups in total. The molecular weight excluding hydrogens is 335 g/mol. The average Bonchev–Trinajstić information content (AvgIpc) is 2.39. The van der Waals surface area contributed by atoms with E-state index in [0.29, 0.717) is 26.8 Å². The number of pyridine rings is 1. The second-order valence-corrected chi connectivity index (χ2v) is 5.00. The predicted molar refractivity (Wildman–Crippen MR) is 77.2 cm³/mol. The van der Waals surface area contributed by atoms with Crippen LogP contribution in [0.5, 0.6) is 5.75 Å². The average molecular weight is 346 g/mol. The Morgan fingerprint density at radius 3 is 2.84 bits per heavy atom. The van der Waals surface area contributed by atoms with E-state index in [1.165, 1.54) is 12.1 Å². The van der Waals surface area contributed by atoms with Crippen LogP contribution in [0.15, 0.2) is 34.8 Å². The second-order valence-electron chi connectivity index (χ2n) is 3.74. The van der Waals surface area contributed by atoms with Crippen LogP contribution in [0.3, 0.4) is 0 Å². The van der Waals surface area contributed by atoms with Crippen molar-refractivity contribution in [2.45, 2.75) is 6.61 Å². The number of hydrogen-bond donors (Lipinski definition) is 1. The Labute approximate surface area is 123 Å². The molecule has 0 spiro atoms. The van der Waals surface area contributed by atoms with Crippen LogP contribution >= 0.6 is 27.5 Å². The molecule has 19 heavy (non-hydrogen) atoms. The number of nitrogens with one attached hydrogen (secondary N) is 1. The van der Waals surface area contributed by atoms with Gasteiger partial charge >= 0.3 is 0 Å². The van der Waals surface area contributed by atoms with Gasteiger partial charge in [0.05, 0.1) is 15.2 Å². The first kappa shape index (κ1) is 14.1. The van der Waals surface area contributed by atoms with Crippen molar-refractivity contribution < 1.29 is 9.13 Å². The van der Waals surface area contributed by atoms with Crippen LogP contribution in [0.25, 0.3) is 0 Å². The SMILES string of the molecule is CNc1ccc(Cl)c(COc2ccc(F)cc2Br)n1. The van der Waals surface area contributed by atoms with Gasteiger partial charge in [-0.3, -0.25) is 0 Å². The van der Waals surface area contributed by atoms with E-state index >= 15 is 0 Å². The summed E-state index contributed by atoms with van der Waals surface area (Å²) in [5, 5.41) is 3.45. The summed E-state index contributed by atoms with van der Waals surface area (Å²) in [6.45, 7) is 0.207. The quantitative estimate of drug-likeness (QED) is 0.899. The Morgan fingerprint density at radius 2 is 2.16 bits per heavy atom. The molecule has 2 aromatic rings. The van der Waals surface area contributed by atoms with Gasteiger partial charge in [-0.1, -0.05) is 11.6 Å². The van der Waals surface area contributed by atoms with Crippen molar-refractivity contribution in [1.82, 2.24) is 4.98 Å². The minimum atomic E-state index is -0.326. The highest BCUT2D eigenvalue weighted by molar-refractivity contribution is 9.10. The Kier molecular flexibility index (Phi) is 4.61. The fourth-order valence-electron chi connectivity index (χ4n) is 1.46. The number of nitrogens with zero attached hydrogens (tertiary/aromatic N) is 1. The van der Waals surface area contributed by atoms with Crippen LogP contribution in [0, 0.1) is 5.82 Å². The van der Waals surface area contributed by atoms with Gasteiger partial charge in [0.25, 0.3) is 0 Å². The van der Waals surface area contributed by atoms with Crippen LogP contribution in [0.1, 0.15) is 5.69 Å². The van der Waals surface area contributed by atoms with Crippen molar-refractivity contribution in [1.29, 1.82) is 0 Å². The third-order valence-electron chi connectivity index (χ3n) is 2.43. The lowest BCUT2D eigenvalue weighted by Crippen LogP contribution is -2.02. The van der Waals surface area contributed by atoms with Crippen molar-refractivity contribution >= 4 is 33.3 Å². The van der Waals surface area contributed by atoms with E-state index in [-0.39, 0.29) is 12.4 Å². The van der Waals surface area contributed by atoms with E-state index in [2.05, 4.69) is 26.2 Å². The third-order valence-corrected chi connectivity index (χ3v) is 3.40. The first-order valence-electron chi connectivity index (χ1n) is 5.51. The van der Waals surface area contributed by atoms with E-state index in [1.54, 1.807) is 25.2 Å². The van der Waals surface area contributed by atoms with Gasteiger partial charge in [-0.05, 0) is 46.3 Å². The molecule has 0 fully saturated rings. The van der Waals surface area contributed by atoms with Crippen LogP contribution in [-0.4, -0.2) is 12.0 Å². The van der Waals surface area contributed by atoms with Crippen molar-refractivity contribution in [2.75, 3.05) is 12.4 Å². The zero-order valence-electron chi connectivity index (χ0n) is 10.1. The predicted octanol–water partition coefficient (Wildman–Crippen LogP) is 4.26. The zero-order chi connectivity index (χ0) is 13.8. The van der Waals surface area contributed by atoms with Crippen molar-refractivity contribution in [3.8, 4) is 5.75 Å². The monoisotopic (exact) mass is 344 g/mol. The van der Waals surface area contributed by atoms with Gasteiger partial charge in [0.15, 0.2) is 0 Å². The smallest absolute Gasteiger partial charge is 0.134 e. The van der Waals surface area contributed by atoms with Crippen LogP contribution in [0.2, 0.25) is 5.02 Å². The molecule has 6 heteroatoms. The van der Waals surface area contributed by atoms with Gasteiger partial charge in [0, 0.05) is 7.05 Å². The van der Waals surface area contributed by atoms with Crippen LogP contribution in [-0.2, 0) is 6.61 Å². The van der Waals surface area contributed by atoms with E-state index < -0.39 is 0 Å². The standard InChI is InChI=1S/C13H11BrClFN2O/c1-17-13-5-3-10(15)11(18-13)7-19-12-4-2-8(16)6-9(12)14/h2-6H,7H2,1H3,(H,17,18). The Balaban J connectivity index is 2.14. The molecule has 2 rings (SSSR count). The van der Waals surface area contributed by atoms with E-state index in [0.717, 1.165) is 0 Å². The summed E-state index contributed by atoms with van der Waals surface area (Å²) in [5.74, 6) is 0.919. The number of rotatable bonds is 4. The third kappa shape index (κ3) is 3.58. The fraction of sp³-hybridized carbons (Fsp3) is 0.154. The molecule has 1 aromatic carbocycles. The first-order chi connectivity index (χ1) is 9.10. The van der Waals surface area contributed by atoms with Crippen molar-refractivity contribution in [3.05, 3.63) is 51.3 Å². The molecular formula is C13H11BrClFN2O. The Hall–Kier alpha value is -1.33. The summed E-state index contributed by atoms with van der Waals surface area (Å²) < 4.78 is 19.1. The van der Waals surface area contributed by atoms with Crippen molar-refractivity contribution in [3.63, 3.8) is 0 Å². The van der Waals surface area contributed by atoms with Gasteiger partial charge in [0.1, 0.15) is 24.0 Å². The summed E-state index contributed by atoms with van der Waals surface area (Å²) in [6, 6.07) is 7.75. The lowest BCUT2D eigenvalue weighted by atomic mass is 10.3. The molecule has 0 saturated heterocycles. The molecule has 1 aromatic heterocycles. The number of ether oxygens (including phenoxy) is 1. The normalized spacial score (nSPS) is 10.3. The number of aromatic nitrogens is 1. The molecule has 0 aliphatic heterocycles. The van der Waals surface area contributed by atoms with E-state index in [9.17, 15) is 4.39 Å². The van der Waals surface area contributed by atoms with Crippen LogP contribution < -0.4 is 10.1 Å². The number of halogens is 3. The molecule has 1 heterocycles. The highest BCUT2D eigenvalue weighted by atomic mass is 79.9.